The van der Waals surface area contributed by atoms with Crippen molar-refractivity contribution < 1.29 is 5.11 Å². The molecule has 2 heteroatoms. The molecule has 96 valence electrons. The Morgan fingerprint density at radius 3 is 2.06 bits per heavy atom. The number of aliphatic hydroxyl groups is 1. The molecule has 0 bridgehead atoms. The molecular formula is C14H29NO. The Hall–Kier alpha value is -0.0800. The second-order valence-electron chi connectivity index (χ2n) is 5.16. The molecule has 0 aromatic heterocycles. The van der Waals surface area contributed by atoms with Crippen LogP contribution in [0.5, 0.6) is 0 Å². The lowest BCUT2D eigenvalue weighted by Crippen LogP contribution is -2.46. The molecule has 0 saturated heterocycles. The van der Waals surface area contributed by atoms with E-state index >= 15 is 0 Å². The Kier molecular flexibility index (Phi) is 7.06. The summed E-state index contributed by atoms with van der Waals surface area (Å²) in [6, 6.07) is 0.451. The van der Waals surface area contributed by atoms with Crippen LogP contribution in [0.4, 0.5) is 0 Å². The Morgan fingerprint density at radius 2 is 1.56 bits per heavy atom. The third kappa shape index (κ3) is 4.42. The number of hydrogen-bond acceptors (Lipinski definition) is 2. The van der Waals surface area contributed by atoms with Crippen LogP contribution in [0, 0.1) is 0 Å². The molecule has 1 saturated carbocycles. The lowest BCUT2D eigenvalue weighted by atomic mass is 9.91. The summed E-state index contributed by atoms with van der Waals surface area (Å²) < 4.78 is 0. The maximum Gasteiger partial charge on any atom is 0.0695 e. The zero-order valence-electron chi connectivity index (χ0n) is 11.1. The van der Waals surface area contributed by atoms with Gasteiger partial charge in [-0.05, 0) is 38.8 Å². The molecule has 1 aliphatic carbocycles. The van der Waals surface area contributed by atoms with Gasteiger partial charge in [0.15, 0.2) is 0 Å². The Bertz CT molecular complexity index is 164. The van der Waals surface area contributed by atoms with Crippen LogP contribution in [0.3, 0.4) is 0 Å². The van der Waals surface area contributed by atoms with Crippen LogP contribution in [-0.4, -0.2) is 35.2 Å². The van der Waals surface area contributed by atoms with Crippen LogP contribution >= 0.6 is 0 Å². The molecule has 2 atom stereocenters. The smallest absolute Gasteiger partial charge is 0.0695 e. The summed E-state index contributed by atoms with van der Waals surface area (Å²) in [7, 11) is 0. The van der Waals surface area contributed by atoms with Gasteiger partial charge in [0.1, 0.15) is 0 Å². The fraction of sp³-hybridized carbons (Fsp3) is 1.00. The molecule has 0 amide bonds. The molecule has 0 aromatic rings. The summed E-state index contributed by atoms with van der Waals surface area (Å²) in [6.07, 6.45) is 9.72. The molecule has 0 unspecified atom stereocenters. The van der Waals surface area contributed by atoms with E-state index in [2.05, 4.69) is 18.7 Å². The second kappa shape index (κ2) is 8.08. The third-order valence-corrected chi connectivity index (χ3v) is 3.76. The van der Waals surface area contributed by atoms with Gasteiger partial charge in [-0.2, -0.15) is 0 Å². The SMILES string of the molecule is CCCCN(CCCC)[C@H]1CCCC[C@@H]1O. The van der Waals surface area contributed by atoms with E-state index in [-0.39, 0.29) is 6.10 Å². The summed E-state index contributed by atoms with van der Waals surface area (Å²) in [5, 5.41) is 10.1. The van der Waals surface area contributed by atoms with Crippen molar-refractivity contribution >= 4 is 0 Å². The Morgan fingerprint density at radius 1 is 1.00 bits per heavy atom. The average Bonchev–Trinajstić information content (AvgIpc) is 2.31. The van der Waals surface area contributed by atoms with E-state index < -0.39 is 0 Å². The van der Waals surface area contributed by atoms with E-state index in [1.807, 2.05) is 0 Å². The predicted octanol–water partition coefficient (Wildman–Crippen LogP) is 3.19. The van der Waals surface area contributed by atoms with E-state index in [0.717, 1.165) is 6.42 Å². The van der Waals surface area contributed by atoms with Gasteiger partial charge in [-0.25, -0.2) is 0 Å². The zero-order valence-corrected chi connectivity index (χ0v) is 11.1. The molecule has 0 heterocycles. The van der Waals surface area contributed by atoms with E-state index in [1.54, 1.807) is 0 Å². The first-order valence-electron chi connectivity index (χ1n) is 7.21. The van der Waals surface area contributed by atoms with Gasteiger partial charge >= 0.3 is 0 Å². The highest BCUT2D eigenvalue weighted by Gasteiger charge is 2.27. The second-order valence-corrected chi connectivity index (χ2v) is 5.16. The standard InChI is InChI=1S/C14H29NO/c1-3-5-11-15(12-6-4-2)13-9-7-8-10-14(13)16/h13-14,16H,3-12H2,1-2H3/t13-,14-/m0/s1. The minimum absolute atomic E-state index is 0.0672. The van der Waals surface area contributed by atoms with Crippen LogP contribution in [0.15, 0.2) is 0 Å². The van der Waals surface area contributed by atoms with Crippen LogP contribution < -0.4 is 0 Å². The van der Waals surface area contributed by atoms with Gasteiger partial charge < -0.3 is 5.11 Å². The van der Waals surface area contributed by atoms with Crippen molar-refractivity contribution in [3.8, 4) is 0 Å². The molecule has 16 heavy (non-hydrogen) atoms. The van der Waals surface area contributed by atoms with Crippen molar-refractivity contribution in [1.29, 1.82) is 0 Å². The quantitative estimate of drug-likeness (QED) is 0.722. The molecular weight excluding hydrogens is 198 g/mol. The third-order valence-electron chi connectivity index (χ3n) is 3.76. The van der Waals surface area contributed by atoms with Crippen LogP contribution in [-0.2, 0) is 0 Å². The van der Waals surface area contributed by atoms with Crippen molar-refractivity contribution in [3.63, 3.8) is 0 Å². The number of unbranched alkanes of at least 4 members (excludes halogenated alkanes) is 2. The number of rotatable bonds is 7. The monoisotopic (exact) mass is 227 g/mol. The molecule has 1 fully saturated rings. The molecule has 0 spiro atoms. The van der Waals surface area contributed by atoms with Gasteiger partial charge in [0.2, 0.25) is 0 Å². The first-order valence-corrected chi connectivity index (χ1v) is 7.21. The minimum Gasteiger partial charge on any atom is -0.391 e. The van der Waals surface area contributed by atoms with Crippen molar-refractivity contribution in [3.05, 3.63) is 0 Å². The molecule has 2 nitrogen and oxygen atoms in total. The Labute approximate surface area is 101 Å². The van der Waals surface area contributed by atoms with Gasteiger partial charge in [-0.15, -0.1) is 0 Å². The normalized spacial score (nSPS) is 26.2. The Balaban J connectivity index is 2.44. The predicted molar refractivity (Wildman–Crippen MR) is 69.7 cm³/mol. The molecule has 0 aromatic carbocycles. The molecule has 1 N–H and O–H groups in total. The van der Waals surface area contributed by atoms with Gasteiger partial charge in [0.05, 0.1) is 6.10 Å². The molecule has 1 aliphatic rings. The molecule has 0 aliphatic heterocycles. The topological polar surface area (TPSA) is 23.5 Å². The summed E-state index contributed by atoms with van der Waals surface area (Å²) in [5.74, 6) is 0. The molecule has 1 rings (SSSR count). The fourth-order valence-corrected chi connectivity index (χ4v) is 2.68. The minimum atomic E-state index is -0.0672. The van der Waals surface area contributed by atoms with Crippen LogP contribution in [0.1, 0.15) is 65.2 Å². The van der Waals surface area contributed by atoms with Crippen molar-refractivity contribution in [1.82, 2.24) is 4.90 Å². The largest absolute Gasteiger partial charge is 0.391 e. The maximum atomic E-state index is 10.1. The first kappa shape index (κ1) is 14.0. The van der Waals surface area contributed by atoms with E-state index in [9.17, 15) is 5.11 Å². The number of aliphatic hydroxyl groups excluding tert-OH is 1. The zero-order chi connectivity index (χ0) is 11.8. The fourth-order valence-electron chi connectivity index (χ4n) is 2.68. The van der Waals surface area contributed by atoms with Crippen LogP contribution in [0.2, 0.25) is 0 Å². The lowest BCUT2D eigenvalue weighted by molar-refractivity contribution is 0.0184. The van der Waals surface area contributed by atoms with Gasteiger partial charge in [-0.1, -0.05) is 39.5 Å². The van der Waals surface area contributed by atoms with Gasteiger partial charge in [0, 0.05) is 6.04 Å². The van der Waals surface area contributed by atoms with E-state index in [4.69, 9.17) is 0 Å². The number of hydrogen-bond donors (Lipinski definition) is 1. The maximum absolute atomic E-state index is 10.1. The summed E-state index contributed by atoms with van der Waals surface area (Å²) in [4.78, 5) is 2.55. The highest BCUT2D eigenvalue weighted by Crippen LogP contribution is 2.23. The first-order chi connectivity index (χ1) is 7.79. The van der Waals surface area contributed by atoms with E-state index in [1.165, 1.54) is 58.0 Å². The highest BCUT2D eigenvalue weighted by atomic mass is 16.3. The summed E-state index contributed by atoms with van der Waals surface area (Å²) in [6.45, 7) is 6.85. The summed E-state index contributed by atoms with van der Waals surface area (Å²) >= 11 is 0. The highest BCUT2D eigenvalue weighted by molar-refractivity contribution is 4.83. The average molecular weight is 227 g/mol. The number of nitrogens with zero attached hydrogens (tertiary/aromatic N) is 1. The molecule has 0 radical (unpaired) electrons. The van der Waals surface area contributed by atoms with Crippen molar-refractivity contribution in [2.75, 3.05) is 13.1 Å². The van der Waals surface area contributed by atoms with E-state index in [0.29, 0.717) is 6.04 Å². The van der Waals surface area contributed by atoms with Gasteiger partial charge in [-0.3, -0.25) is 4.90 Å². The van der Waals surface area contributed by atoms with Crippen molar-refractivity contribution in [2.24, 2.45) is 0 Å². The van der Waals surface area contributed by atoms with Crippen LogP contribution in [0.25, 0.3) is 0 Å². The van der Waals surface area contributed by atoms with Gasteiger partial charge in [0.25, 0.3) is 0 Å². The van der Waals surface area contributed by atoms with Crippen molar-refractivity contribution in [2.45, 2.75) is 77.4 Å². The lowest BCUT2D eigenvalue weighted by Gasteiger charge is -2.37. The summed E-state index contributed by atoms with van der Waals surface area (Å²) in [5.41, 5.74) is 0.